The number of hydrogen-bond acceptors (Lipinski definition) is 2. The zero-order chi connectivity index (χ0) is 9.56. The maximum absolute atomic E-state index is 3.42. The topological polar surface area (TPSA) is 12.0 Å². The van der Waals surface area contributed by atoms with Gasteiger partial charge in [-0.1, -0.05) is 27.7 Å². The Morgan fingerprint density at radius 3 is 2.17 bits per heavy atom. The Morgan fingerprint density at radius 2 is 1.75 bits per heavy atom. The van der Waals surface area contributed by atoms with Crippen molar-refractivity contribution in [2.45, 2.75) is 45.9 Å². The van der Waals surface area contributed by atoms with Crippen molar-refractivity contribution in [3.05, 3.63) is 0 Å². The standard InChI is InChI=1S/C10H23NS/c1-6-11-9(4)7-12-10(5)8(2)3/h8-11H,6-7H2,1-5H3. The van der Waals surface area contributed by atoms with E-state index in [0.717, 1.165) is 17.7 Å². The Kier molecular flexibility index (Phi) is 6.96. The first-order valence-corrected chi connectivity index (χ1v) is 5.97. The van der Waals surface area contributed by atoms with Gasteiger partial charge in [0.15, 0.2) is 0 Å². The van der Waals surface area contributed by atoms with Crippen molar-refractivity contribution >= 4 is 11.8 Å². The third-order valence-corrected chi connectivity index (χ3v) is 3.86. The van der Waals surface area contributed by atoms with Crippen LogP contribution in [0.4, 0.5) is 0 Å². The van der Waals surface area contributed by atoms with Gasteiger partial charge in [0.05, 0.1) is 0 Å². The largest absolute Gasteiger partial charge is 0.314 e. The van der Waals surface area contributed by atoms with Crippen LogP contribution >= 0.6 is 11.8 Å². The summed E-state index contributed by atoms with van der Waals surface area (Å²) >= 11 is 2.07. The van der Waals surface area contributed by atoms with Crippen molar-refractivity contribution in [2.75, 3.05) is 12.3 Å². The maximum atomic E-state index is 3.42. The van der Waals surface area contributed by atoms with Crippen LogP contribution in [-0.2, 0) is 0 Å². The molecule has 0 aliphatic rings. The third kappa shape index (κ3) is 5.90. The highest BCUT2D eigenvalue weighted by Gasteiger charge is 2.08. The molecule has 0 fully saturated rings. The summed E-state index contributed by atoms with van der Waals surface area (Å²) in [4.78, 5) is 0. The van der Waals surface area contributed by atoms with Crippen molar-refractivity contribution in [1.82, 2.24) is 5.32 Å². The second-order valence-electron chi connectivity index (χ2n) is 3.74. The summed E-state index contributed by atoms with van der Waals surface area (Å²) in [6.07, 6.45) is 0. The molecule has 1 nitrogen and oxygen atoms in total. The average Bonchev–Trinajstić information content (AvgIpc) is 2.00. The molecule has 0 radical (unpaired) electrons. The monoisotopic (exact) mass is 189 g/mol. The molecule has 0 heterocycles. The second kappa shape index (κ2) is 6.79. The van der Waals surface area contributed by atoms with E-state index in [1.165, 1.54) is 5.75 Å². The molecule has 2 unspecified atom stereocenters. The zero-order valence-corrected chi connectivity index (χ0v) is 9.87. The molecule has 0 aromatic heterocycles. The van der Waals surface area contributed by atoms with Gasteiger partial charge in [-0.15, -0.1) is 0 Å². The van der Waals surface area contributed by atoms with Crippen molar-refractivity contribution in [1.29, 1.82) is 0 Å². The first-order valence-electron chi connectivity index (χ1n) is 4.92. The molecule has 0 saturated heterocycles. The number of thioether (sulfide) groups is 1. The maximum Gasteiger partial charge on any atom is 0.0129 e. The van der Waals surface area contributed by atoms with Crippen LogP contribution in [0, 0.1) is 5.92 Å². The summed E-state index contributed by atoms with van der Waals surface area (Å²) in [5.74, 6) is 2.02. The molecule has 0 aliphatic heterocycles. The fourth-order valence-electron chi connectivity index (χ4n) is 0.896. The van der Waals surface area contributed by atoms with Crippen LogP contribution in [0.25, 0.3) is 0 Å². The molecule has 2 heteroatoms. The van der Waals surface area contributed by atoms with Gasteiger partial charge in [-0.2, -0.15) is 11.8 Å². The lowest BCUT2D eigenvalue weighted by molar-refractivity contribution is 0.610. The molecule has 0 rings (SSSR count). The lowest BCUT2D eigenvalue weighted by atomic mass is 10.2. The van der Waals surface area contributed by atoms with Crippen LogP contribution in [0.3, 0.4) is 0 Å². The summed E-state index contributed by atoms with van der Waals surface area (Å²) < 4.78 is 0. The Labute approximate surface area is 81.7 Å². The summed E-state index contributed by atoms with van der Waals surface area (Å²) in [7, 11) is 0. The fraction of sp³-hybridized carbons (Fsp3) is 1.00. The summed E-state index contributed by atoms with van der Waals surface area (Å²) in [6, 6.07) is 0.654. The zero-order valence-electron chi connectivity index (χ0n) is 9.05. The van der Waals surface area contributed by atoms with Crippen molar-refractivity contribution in [2.24, 2.45) is 5.92 Å². The minimum Gasteiger partial charge on any atom is -0.314 e. The molecule has 1 N–H and O–H groups in total. The van der Waals surface area contributed by atoms with Crippen molar-refractivity contribution in [3.63, 3.8) is 0 Å². The molecule has 0 aliphatic carbocycles. The van der Waals surface area contributed by atoms with E-state index in [9.17, 15) is 0 Å². The molecule has 74 valence electrons. The van der Waals surface area contributed by atoms with Crippen LogP contribution in [0.2, 0.25) is 0 Å². The minimum absolute atomic E-state index is 0.654. The van der Waals surface area contributed by atoms with Crippen LogP contribution in [0.1, 0.15) is 34.6 Å². The second-order valence-corrected chi connectivity index (χ2v) is 5.15. The molecule has 0 saturated carbocycles. The smallest absolute Gasteiger partial charge is 0.0129 e. The van der Waals surface area contributed by atoms with Gasteiger partial charge < -0.3 is 5.32 Å². The average molecular weight is 189 g/mol. The van der Waals surface area contributed by atoms with E-state index < -0.39 is 0 Å². The van der Waals surface area contributed by atoms with Crippen molar-refractivity contribution < 1.29 is 0 Å². The Morgan fingerprint density at radius 1 is 1.17 bits per heavy atom. The van der Waals surface area contributed by atoms with Gasteiger partial charge in [0.1, 0.15) is 0 Å². The lowest BCUT2D eigenvalue weighted by Gasteiger charge is -2.18. The quantitative estimate of drug-likeness (QED) is 0.689. The van der Waals surface area contributed by atoms with Gasteiger partial charge in [-0.05, 0) is 19.4 Å². The molecule has 0 aromatic carbocycles. The van der Waals surface area contributed by atoms with E-state index in [-0.39, 0.29) is 0 Å². The van der Waals surface area contributed by atoms with E-state index in [2.05, 4.69) is 51.7 Å². The summed E-state index contributed by atoms with van der Waals surface area (Å²) in [6.45, 7) is 12.4. The van der Waals surface area contributed by atoms with Gasteiger partial charge in [-0.25, -0.2) is 0 Å². The predicted molar refractivity (Wildman–Crippen MR) is 59.9 cm³/mol. The lowest BCUT2D eigenvalue weighted by Crippen LogP contribution is -2.28. The van der Waals surface area contributed by atoms with E-state index in [1.54, 1.807) is 0 Å². The van der Waals surface area contributed by atoms with E-state index >= 15 is 0 Å². The van der Waals surface area contributed by atoms with E-state index in [1.807, 2.05) is 0 Å². The number of nitrogens with one attached hydrogen (secondary N) is 1. The van der Waals surface area contributed by atoms with Crippen LogP contribution in [-0.4, -0.2) is 23.6 Å². The Balaban J connectivity index is 3.40. The summed E-state index contributed by atoms with van der Waals surface area (Å²) in [5, 5.41) is 4.20. The minimum atomic E-state index is 0.654. The Hall–Kier alpha value is 0.310. The third-order valence-electron chi connectivity index (χ3n) is 2.10. The van der Waals surface area contributed by atoms with Crippen molar-refractivity contribution in [3.8, 4) is 0 Å². The number of rotatable bonds is 6. The van der Waals surface area contributed by atoms with Gasteiger partial charge in [0, 0.05) is 17.0 Å². The van der Waals surface area contributed by atoms with Gasteiger partial charge in [0.25, 0.3) is 0 Å². The van der Waals surface area contributed by atoms with Crippen LogP contribution < -0.4 is 5.32 Å². The SMILES string of the molecule is CCNC(C)CSC(C)C(C)C. The molecular weight excluding hydrogens is 166 g/mol. The molecule has 0 spiro atoms. The highest BCUT2D eigenvalue weighted by molar-refractivity contribution is 7.99. The molecule has 0 aromatic rings. The van der Waals surface area contributed by atoms with Gasteiger partial charge in [-0.3, -0.25) is 0 Å². The van der Waals surface area contributed by atoms with E-state index in [0.29, 0.717) is 6.04 Å². The molecular formula is C10H23NS. The first-order chi connectivity index (χ1) is 5.57. The van der Waals surface area contributed by atoms with Gasteiger partial charge >= 0.3 is 0 Å². The normalized spacial score (nSPS) is 16.5. The van der Waals surface area contributed by atoms with Crippen LogP contribution in [0.5, 0.6) is 0 Å². The van der Waals surface area contributed by atoms with Crippen LogP contribution in [0.15, 0.2) is 0 Å². The van der Waals surface area contributed by atoms with Gasteiger partial charge in [0.2, 0.25) is 0 Å². The highest BCUT2D eigenvalue weighted by atomic mass is 32.2. The fourth-order valence-corrected chi connectivity index (χ4v) is 1.99. The highest BCUT2D eigenvalue weighted by Crippen LogP contribution is 2.19. The van der Waals surface area contributed by atoms with E-state index in [4.69, 9.17) is 0 Å². The first kappa shape index (κ1) is 12.3. The molecule has 0 amide bonds. The predicted octanol–water partition coefficient (Wildman–Crippen LogP) is 2.76. The summed E-state index contributed by atoms with van der Waals surface area (Å²) in [5.41, 5.74) is 0. The molecule has 2 atom stereocenters. The number of hydrogen-bond donors (Lipinski definition) is 1. The molecule has 0 bridgehead atoms. The molecule has 12 heavy (non-hydrogen) atoms. The Bertz CT molecular complexity index is 104.